The maximum atomic E-state index is 4.77. The first-order chi connectivity index (χ1) is 4.91. The molecule has 0 aromatic rings. The third kappa shape index (κ3) is 7.87. The molecule has 0 aromatic heterocycles. The van der Waals surface area contributed by atoms with Crippen LogP contribution in [-0.4, -0.2) is 25.2 Å². The second-order valence-electron chi connectivity index (χ2n) is 1.84. The SMILES string of the molecule is CCCSCC#CCOC. The van der Waals surface area contributed by atoms with Gasteiger partial charge in [0.15, 0.2) is 0 Å². The Morgan fingerprint density at radius 2 is 2.20 bits per heavy atom. The average Bonchev–Trinajstić information content (AvgIpc) is 1.97. The Bertz CT molecular complexity index is 112. The van der Waals surface area contributed by atoms with Crippen LogP contribution in [0.2, 0.25) is 0 Å². The van der Waals surface area contributed by atoms with E-state index < -0.39 is 0 Å². The van der Waals surface area contributed by atoms with Crippen molar-refractivity contribution in [1.82, 2.24) is 0 Å². The fourth-order valence-corrected chi connectivity index (χ4v) is 1.08. The van der Waals surface area contributed by atoms with Crippen LogP contribution in [0.1, 0.15) is 13.3 Å². The van der Waals surface area contributed by atoms with Gasteiger partial charge in [0.2, 0.25) is 0 Å². The molecule has 0 rings (SSSR count). The number of thioether (sulfide) groups is 1. The van der Waals surface area contributed by atoms with Crippen LogP contribution in [0.5, 0.6) is 0 Å². The molecule has 0 aliphatic heterocycles. The lowest BCUT2D eigenvalue weighted by Crippen LogP contribution is -1.82. The third-order valence-electron chi connectivity index (χ3n) is 0.864. The highest BCUT2D eigenvalue weighted by Gasteiger charge is 1.79. The monoisotopic (exact) mass is 158 g/mol. The molecular formula is C8H14OS. The molecule has 0 saturated carbocycles. The van der Waals surface area contributed by atoms with Crippen molar-refractivity contribution in [3.63, 3.8) is 0 Å². The van der Waals surface area contributed by atoms with Crippen molar-refractivity contribution in [2.45, 2.75) is 13.3 Å². The molecule has 0 aliphatic carbocycles. The number of methoxy groups -OCH3 is 1. The molecule has 58 valence electrons. The molecule has 0 heterocycles. The van der Waals surface area contributed by atoms with Gasteiger partial charge in [-0.1, -0.05) is 18.8 Å². The largest absolute Gasteiger partial charge is 0.372 e. The Kier molecular flexibility index (Phi) is 8.75. The standard InChI is InChI=1S/C8H14OS/c1-3-7-10-8-5-4-6-9-2/h3,6-8H2,1-2H3. The molecule has 2 heteroatoms. The minimum atomic E-state index is 0.562. The van der Waals surface area contributed by atoms with E-state index in [0.29, 0.717) is 6.61 Å². The summed E-state index contributed by atoms with van der Waals surface area (Å²) in [6.07, 6.45) is 1.23. The van der Waals surface area contributed by atoms with Gasteiger partial charge in [0.05, 0.1) is 5.75 Å². The molecule has 0 bridgehead atoms. The number of ether oxygens (including phenoxy) is 1. The number of hydrogen-bond acceptors (Lipinski definition) is 2. The summed E-state index contributed by atoms with van der Waals surface area (Å²) < 4.78 is 4.77. The van der Waals surface area contributed by atoms with Crippen LogP contribution in [0.25, 0.3) is 0 Å². The van der Waals surface area contributed by atoms with E-state index in [1.807, 2.05) is 11.8 Å². The van der Waals surface area contributed by atoms with Crippen LogP contribution in [0, 0.1) is 11.8 Å². The minimum Gasteiger partial charge on any atom is -0.372 e. The second-order valence-corrected chi connectivity index (χ2v) is 2.94. The fourth-order valence-electron chi connectivity index (χ4n) is 0.442. The van der Waals surface area contributed by atoms with Gasteiger partial charge in [-0.15, -0.1) is 11.8 Å². The normalized spacial score (nSPS) is 8.60. The predicted octanol–water partition coefficient (Wildman–Crippen LogP) is 1.78. The van der Waals surface area contributed by atoms with Crippen LogP contribution in [0.15, 0.2) is 0 Å². The van der Waals surface area contributed by atoms with E-state index in [4.69, 9.17) is 4.74 Å². The lowest BCUT2D eigenvalue weighted by Gasteiger charge is -1.88. The van der Waals surface area contributed by atoms with Gasteiger partial charge in [-0.2, -0.15) is 0 Å². The van der Waals surface area contributed by atoms with Crippen molar-refractivity contribution in [1.29, 1.82) is 0 Å². The minimum absolute atomic E-state index is 0.562. The van der Waals surface area contributed by atoms with E-state index >= 15 is 0 Å². The molecule has 1 nitrogen and oxygen atoms in total. The summed E-state index contributed by atoms with van der Waals surface area (Å²) in [7, 11) is 1.66. The van der Waals surface area contributed by atoms with Gasteiger partial charge in [-0.3, -0.25) is 0 Å². The summed E-state index contributed by atoms with van der Waals surface area (Å²) in [5.41, 5.74) is 0. The van der Waals surface area contributed by atoms with Crippen LogP contribution in [0.3, 0.4) is 0 Å². The van der Waals surface area contributed by atoms with Gasteiger partial charge in [0, 0.05) is 7.11 Å². The van der Waals surface area contributed by atoms with Gasteiger partial charge in [-0.25, -0.2) is 0 Å². The maximum Gasteiger partial charge on any atom is 0.107 e. The summed E-state index contributed by atoms with van der Waals surface area (Å²) in [6.45, 7) is 2.74. The predicted molar refractivity (Wildman–Crippen MR) is 47.3 cm³/mol. The highest BCUT2D eigenvalue weighted by atomic mass is 32.2. The smallest absolute Gasteiger partial charge is 0.107 e. The highest BCUT2D eigenvalue weighted by molar-refractivity contribution is 7.99. The van der Waals surface area contributed by atoms with Crippen LogP contribution < -0.4 is 0 Å². The molecule has 0 spiro atoms. The second kappa shape index (κ2) is 8.87. The summed E-state index contributed by atoms with van der Waals surface area (Å²) in [5.74, 6) is 8.06. The molecule has 0 saturated heterocycles. The zero-order valence-corrected chi connectivity index (χ0v) is 7.46. The molecular weight excluding hydrogens is 144 g/mol. The first kappa shape index (κ1) is 9.87. The van der Waals surface area contributed by atoms with Gasteiger partial charge >= 0.3 is 0 Å². The molecule has 10 heavy (non-hydrogen) atoms. The van der Waals surface area contributed by atoms with Crippen molar-refractivity contribution < 1.29 is 4.74 Å². The van der Waals surface area contributed by atoms with Crippen LogP contribution >= 0.6 is 11.8 Å². The van der Waals surface area contributed by atoms with E-state index in [1.165, 1.54) is 12.2 Å². The van der Waals surface area contributed by atoms with Crippen molar-refractivity contribution in [3.05, 3.63) is 0 Å². The average molecular weight is 158 g/mol. The van der Waals surface area contributed by atoms with Gasteiger partial charge < -0.3 is 4.74 Å². The third-order valence-corrected chi connectivity index (χ3v) is 1.91. The maximum absolute atomic E-state index is 4.77. The Hall–Kier alpha value is -0.130. The summed E-state index contributed by atoms with van der Waals surface area (Å²) in [6, 6.07) is 0. The molecule has 0 aromatic carbocycles. The quantitative estimate of drug-likeness (QED) is 0.455. The van der Waals surface area contributed by atoms with Gasteiger partial charge in [0.1, 0.15) is 6.61 Å². The molecule has 0 aliphatic rings. The zero-order valence-electron chi connectivity index (χ0n) is 6.64. The molecule has 0 radical (unpaired) electrons. The number of rotatable bonds is 4. The van der Waals surface area contributed by atoms with Crippen LogP contribution in [-0.2, 0) is 4.74 Å². The topological polar surface area (TPSA) is 9.23 Å². The Labute approximate surface area is 67.5 Å². The number of hydrogen-bond donors (Lipinski definition) is 0. The van der Waals surface area contributed by atoms with E-state index in [9.17, 15) is 0 Å². The summed E-state index contributed by atoms with van der Waals surface area (Å²) in [5, 5.41) is 0. The Morgan fingerprint density at radius 3 is 2.80 bits per heavy atom. The Morgan fingerprint density at radius 1 is 1.40 bits per heavy atom. The molecule has 0 N–H and O–H groups in total. The van der Waals surface area contributed by atoms with E-state index in [1.54, 1.807) is 7.11 Å². The molecule has 0 unspecified atom stereocenters. The van der Waals surface area contributed by atoms with Crippen molar-refractivity contribution in [3.8, 4) is 11.8 Å². The van der Waals surface area contributed by atoms with E-state index in [2.05, 4.69) is 18.8 Å². The van der Waals surface area contributed by atoms with Crippen molar-refractivity contribution >= 4 is 11.8 Å². The highest BCUT2D eigenvalue weighted by Crippen LogP contribution is 1.98. The summed E-state index contributed by atoms with van der Waals surface area (Å²) in [4.78, 5) is 0. The lowest BCUT2D eigenvalue weighted by molar-refractivity contribution is 0.240. The van der Waals surface area contributed by atoms with E-state index in [-0.39, 0.29) is 0 Å². The molecule has 0 fully saturated rings. The Balaban J connectivity index is 2.96. The van der Waals surface area contributed by atoms with Gasteiger partial charge in [0.25, 0.3) is 0 Å². The van der Waals surface area contributed by atoms with Gasteiger partial charge in [-0.05, 0) is 12.2 Å². The first-order valence-corrected chi connectivity index (χ1v) is 4.59. The molecule has 0 amide bonds. The summed E-state index contributed by atoms with van der Waals surface area (Å²) >= 11 is 1.87. The van der Waals surface area contributed by atoms with Crippen LogP contribution in [0.4, 0.5) is 0 Å². The fraction of sp³-hybridized carbons (Fsp3) is 0.750. The van der Waals surface area contributed by atoms with Crippen molar-refractivity contribution in [2.75, 3.05) is 25.2 Å². The molecule has 0 atom stereocenters. The zero-order chi connectivity index (χ0) is 7.66. The van der Waals surface area contributed by atoms with Crippen molar-refractivity contribution in [2.24, 2.45) is 0 Å². The lowest BCUT2D eigenvalue weighted by atomic mass is 10.6. The first-order valence-electron chi connectivity index (χ1n) is 3.44. The van der Waals surface area contributed by atoms with E-state index in [0.717, 1.165) is 5.75 Å².